The van der Waals surface area contributed by atoms with Gasteiger partial charge >= 0.3 is 0 Å². The summed E-state index contributed by atoms with van der Waals surface area (Å²) in [7, 11) is 0. The molecule has 1 heterocycles. The largest absolute Gasteiger partial charge is 0.340 e. The van der Waals surface area contributed by atoms with Gasteiger partial charge in [-0.05, 0) is 50.3 Å². The van der Waals surface area contributed by atoms with Gasteiger partial charge in [0.1, 0.15) is 0 Å². The lowest BCUT2D eigenvalue weighted by Gasteiger charge is -2.36. The second-order valence-electron chi connectivity index (χ2n) is 5.80. The highest BCUT2D eigenvalue weighted by molar-refractivity contribution is 9.10. The predicted octanol–water partition coefficient (Wildman–Crippen LogP) is 3.03. The van der Waals surface area contributed by atoms with Gasteiger partial charge in [-0.3, -0.25) is 4.79 Å². The summed E-state index contributed by atoms with van der Waals surface area (Å²) in [6, 6.07) is 6.81. The molecule has 20 heavy (non-hydrogen) atoms. The molecular formula is C16H23BrN2O. The van der Waals surface area contributed by atoms with E-state index in [0.29, 0.717) is 6.42 Å². The van der Waals surface area contributed by atoms with Crippen LogP contribution in [0.5, 0.6) is 0 Å². The number of benzene rings is 1. The van der Waals surface area contributed by atoms with Crippen LogP contribution in [0.2, 0.25) is 0 Å². The quantitative estimate of drug-likeness (QED) is 0.920. The van der Waals surface area contributed by atoms with Gasteiger partial charge in [0.2, 0.25) is 5.91 Å². The highest BCUT2D eigenvalue weighted by Crippen LogP contribution is 2.20. The van der Waals surface area contributed by atoms with E-state index >= 15 is 0 Å². The first-order valence-corrected chi connectivity index (χ1v) is 8.06. The Morgan fingerprint density at radius 1 is 1.50 bits per heavy atom. The molecule has 0 radical (unpaired) electrons. The molecule has 1 aromatic carbocycles. The van der Waals surface area contributed by atoms with Crippen LogP contribution in [-0.2, 0) is 11.2 Å². The average Bonchev–Trinajstić information content (AvgIpc) is 2.40. The van der Waals surface area contributed by atoms with Gasteiger partial charge in [-0.1, -0.05) is 28.1 Å². The fraction of sp³-hybridized carbons (Fsp3) is 0.562. The lowest BCUT2D eigenvalue weighted by atomic mass is 9.98. The number of nitrogens with two attached hydrogens (primary N) is 1. The molecule has 4 heteroatoms. The molecule has 2 N–H and O–H groups in total. The van der Waals surface area contributed by atoms with Crippen molar-refractivity contribution >= 4 is 21.8 Å². The van der Waals surface area contributed by atoms with Crippen LogP contribution in [0.3, 0.4) is 0 Å². The van der Waals surface area contributed by atoms with Gasteiger partial charge in [-0.2, -0.15) is 0 Å². The molecule has 0 bridgehead atoms. The molecule has 0 unspecified atom stereocenters. The standard InChI is InChI=1S/C16H23BrN2O/c1-11-9-13(3-5-15(11)17)4-6-16(20)19-8-7-14(18)10-12(19)2/h3,5,9,12,14H,4,6-8,10,18H2,1-2H3/t12-,14-/m0/s1. The minimum absolute atomic E-state index is 0.253. The van der Waals surface area contributed by atoms with Gasteiger partial charge in [0, 0.05) is 29.5 Å². The Morgan fingerprint density at radius 3 is 2.90 bits per heavy atom. The average molecular weight is 339 g/mol. The van der Waals surface area contributed by atoms with Crippen molar-refractivity contribution in [2.45, 2.75) is 51.6 Å². The Labute approximate surface area is 129 Å². The molecule has 0 aliphatic carbocycles. The SMILES string of the molecule is Cc1cc(CCC(=O)N2CC[C@H](N)C[C@@H]2C)ccc1Br. The third-order valence-corrected chi connectivity index (χ3v) is 4.98. The number of hydrogen-bond donors (Lipinski definition) is 1. The summed E-state index contributed by atoms with van der Waals surface area (Å²) in [5.41, 5.74) is 8.38. The first-order valence-electron chi connectivity index (χ1n) is 7.27. The zero-order valence-corrected chi connectivity index (χ0v) is 13.8. The lowest BCUT2D eigenvalue weighted by Crippen LogP contribution is -2.48. The number of aryl methyl sites for hydroxylation is 2. The lowest BCUT2D eigenvalue weighted by molar-refractivity contribution is -0.134. The second kappa shape index (κ2) is 6.72. The number of piperidine rings is 1. The smallest absolute Gasteiger partial charge is 0.223 e. The highest BCUT2D eigenvalue weighted by Gasteiger charge is 2.26. The first-order chi connectivity index (χ1) is 9.47. The van der Waals surface area contributed by atoms with Crippen molar-refractivity contribution in [1.82, 2.24) is 4.90 Å². The number of rotatable bonds is 3. The molecule has 0 aromatic heterocycles. The third kappa shape index (κ3) is 3.83. The molecule has 1 amide bonds. The van der Waals surface area contributed by atoms with Crippen LogP contribution in [0.4, 0.5) is 0 Å². The number of likely N-dealkylation sites (tertiary alicyclic amines) is 1. The minimum atomic E-state index is 0.253. The van der Waals surface area contributed by atoms with Crippen molar-refractivity contribution in [2.24, 2.45) is 5.73 Å². The van der Waals surface area contributed by atoms with Crippen LogP contribution in [-0.4, -0.2) is 29.4 Å². The van der Waals surface area contributed by atoms with Crippen LogP contribution >= 0.6 is 15.9 Å². The summed E-state index contributed by atoms with van der Waals surface area (Å²) in [5.74, 6) is 0.255. The number of carbonyl (C=O) groups is 1. The molecule has 3 nitrogen and oxygen atoms in total. The molecule has 2 atom stereocenters. The Kier molecular flexibility index (Phi) is 5.22. The first kappa shape index (κ1) is 15.5. The predicted molar refractivity (Wildman–Crippen MR) is 85.6 cm³/mol. The van der Waals surface area contributed by atoms with Crippen molar-refractivity contribution in [3.63, 3.8) is 0 Å². The van der Waals surface area contributed by atoms with Crippen molar-refractivity contribution in [1.29, 1.82) is 0 Å². The number of hydrogen-bond acceptors (Lipinski definition) is 2. The van der Waals surface area contributed by atoms with Gasteiger partial charge in [0.05, 0.1) is 0 Å². The molecule has 2 rings (SSSR count). The van der Waals surface area contributed by atoms with Gasteiger partial charge in [0.15, 0.2) is 0 Å². The maximum Gasteiger partial charge on any atom is 0.223 e. The van der Waals surface area contributed by atoms with E-state index in [1.165, 1.54) is 11.1 Å². The van der Waals surface area contributed by atoms with E-state index in [1.54, 1.807) is 0 Å². The molecule has 0 saturated carbocycles. The summed E-state index contributed by atoms with van der Waals surface area (Å²) < 4.78 is 1.12. The van der Waals surface area contributed by atoms with Gasteiger partial charge in [-0.25, -0.2) is 0 Å². The monoisotopic (exact) mass is 338 g/mol. The third-order valence-electron chi connectivity index (χ3n) is 4.09. The van der Waals surface area contributed by atoms with Crippen molar-refractivity contribution in [2.75, 3.05) is 6.54 Å². The molecule has 0 spiro atoms. The Balaban J connectivity index is 1.90. The van der Waals surface area contributed by atoms with E-state index in [4.69, 9.17) is 5.73 Å². The maximum absolute atomic E-state index is 12.3. The van der Waals surface area contributed by atoms with Crippen LogP contribution in [0.15, 0.2) is 22.7 Å². The van der Waals surface area contributed by atoms with E-state index < -0.39 is 0 Å². The molecule has 1 saturated heterocycles. The molecule has 1 aliphatic heterocycles. The Hall–Kier alpha value is -0.870. The molecule has 110 valence electrons. The number of nitrogens with zero attached hydrogens (tertiary/aromatic N) is 1. The Bertz CT molecular complexity index is 489. The summed E-state index contributed by atoms with van der Waals surface area (Å²) >= 11 is 3.50. The van der Waals surface area contributed by atoms with Gasteiger partial charge in [0.25, 0.3) is 0 Å². The highest BCUT2D eigenvalue weighted by atomic mass is 79.9. The summed E-state index contributed by atoms with van der Waals surface area (Å²) in [5, 5.41) is 0. The fourth-order valence-electron chi connectivity index (χ4n) is 2.84. The van der Waals surface area contributed by atoms with Crippen molar-refractivity contribution < 1.29 is 4.79 Å². The van der Waals surface area contributed by atoms with Crippen LogP contribution < -0.4 is 5.73 Å². The number of amides is 1. The number of halogens is 1. The number of carbonyl (C=O) groups excluding carboxylic acids is 1. The van der Waals surface area contributed by atoms with Gasteiger partial charge < -0.3 is 10.6 Å². The summed E-state index contributed by atoms with van der Waals surface area (Å²) in [4.78, 5) is 14.3. The molecular weight excluding hydrogens is 316 g/mol. The van der Waals surface area contributed by atoms with Crippen molar-refractivity contribution in [3.8, 4) is 0 Å². The van der Waals surface area contributed by atoms with Crippen LogP contribution in [0.1, 0.15) is 37.3 Å². The fourth-order valence-corrected chi connectivity index (χ4v) is 3.08. The van der Waals surface area contributed by atoms with E-state index in [1.807, 2.05) is 4.90 Å². The molecule has 1 aliphatic rings. The molecule has 1 aromatic rings. The van der Waals surface area contributed by atoms with E-state index in [0.717, 1.165) is 30.3 Å². The normalized spacial score (nSPS) is 22.9. The minimum Gasteiger partial charge on any atom is -0.340 e. The van der Waals surface area contributed by atoms with Crippen LogP contribution in [0.25, 0.3) is 0 Å². The van der Waals surface area contributed by atoms with E-state index in [-0.39, 0.29) is 18.0 Å². The zero-order valence-electron chi connectivity index (χ0n) is 12.2. The second-order valence-corrected chi connectivity index (χ2v) is 6.66. The summed E-state index contributed by atoms with van der Waals surface area (Å²) in [6.07, 6.45) is 3.24. The van der Waals surface area contributed by atoms with Gasteiger partial charge in [-0.15, -0.1) is 0 Å². The van der Waals surface area contributed by atoms with Crippen molar-refractivity contribution in [3.05, 3.63) is 33.8 Å². The van der Waals surface area contributed by atoms with E-state index in [9.17, 15) is 4.79 Å². The zero-order chi connectivity index (χ0) is 14.7. The topological polar surface area (TPSA) is 46.3 Å². The van der Waals surface area contributed by atoms with Crippen LogP contribution in [0, 0.1) is 6.92 Å². The maximum atomic E-state index is 12.3. The summed E-state index contributed by atoms with van der Waals surface area (Å²) in [6.45, 7) is 4.98. The molecule has 1 fully saturated rings. The Morgan fingerprint density at radius 2 is 2.25 bits per heavy atom. The van der Waals surface area contributed by atoms with E-state index in [2.05, 4.69) is 48.0 Å².